The van der Waals surface area contributed by atoms with E-state index in [0.29, 0.717) is 18.8 Å². The lowest BCUT2D eigenvalue weighted by Gasteiger charge is -2.35. The number of sulfonamides is 1. The quantitative estimate of drug-likeness (QED) is 0.392. The van der Waals surface area contributed by atoms with E-state index >= 15 is 0 Å². The maximum atomic E-state index is 13.7. The van der Waals surface area contributed by atoms with Crippen LogP contribution < -0.4 is 9.73 Å². The van der Waals surface area contributed by atoms with E-state index in [1.54, 1.807) is 19.2 Å². The Labute approximate surface area is 211 Å². The van der Waals surface area contributed by atoms with Crippen LogP contribution in [0.4, 0.5) is 5.69 Å². The van der Waals surface area contributed by atoms with Gasteiger partial charge < -0.3 is 10.2 Å². The van der Waals surface area contributed by atoms with Crippen LogP contribution in [0.3, 0.4) is 0 Å². The van der Waals surface area contributed by atoms with E-state index < -0.39 is 10.0 Å². The minimum atomic E-state index is -3.71. The fourth-order valence-electron chi connectivity index (χ4n) is 4.47. The Bertz CT molecular complexity index is 1070. The molecule has 7 nitrogen and oxygen atoms in total. The normalized spacial score (nSPS) is 19.7. The van der Waals surface area contributed by atoms with E-state index in [2.05, 4.69) is 36.2 Å². The fraction of sp³-hybridized carbons (Fsp3) is 0.519. The van der Waals surface area contributed by atoms with E-state index in [0.717, 1.165) is 30.8 Å². The summed E-state index contributed by atoms with van der Waals surface area (Å²) in [4.78, 5) is 2.60. The van der Waals surface area contributed by atoms with Crippen LogP contribution in [0.25, 0.3) is 0 Å². The van der Waals surface area contributed by atoms with Crippen molar-refractivity contribution in [1.29, 1.82) is 0 Å². The van der Waals surface area contributed by atoms with Gasteiger partial charge in [-0.15, -0.1) is 0 Å². The number of ether oxygens (including phenoxy) is 1. The highest BCUT2D eigenvalue weighted by Crippen LogP contribution is 2.26. The van der Waals surface area contributed by atoms with E-state index in [4.69, 9.17) is 4.74 Å². The summed E-state index contributed by atoms with van der Waals surface area (Å²) in [5.41, 5.74) is 6.53. The van der Waals surface area contributed by atoms with Crippen molar-refractivity contribution in [2.45, 2.75) is 58.1 Å². The van der Waals surface area contributed by atoms with Crippen LogP contribution in [0.1, 0.15) is 45.7 Å². The zero-order chi connectivity index (χ0) is 25.6. The van der Waals surface area contributed by atoms with Crippen LogP contribution in [0, 0.1) is 5.92 Å². The summed E-state index contributed by atoms with van der Waals surface area (Å²) < 4.78 is 34.7. The van der Waals surface area contributed by atoms with Gasteiger partial charge in [-0.3, -0.25) is 9.21 Å². The molecule has 0 aliphatic carbocycles. The third-order valence-electron chi connectivity index (χ3n) is 6.05. The molecule has 2 aromatic rings. The minimum Gasteiger partial charge on any atom is -0.373 e. The van der Waals surface area contributed by atoms with Gasteiger partial charge in [0, 0.05) is 33.2 Å². The number of hydrogen-bond donors (Lipinski definition) is 1. The number of benzene rings is 2. The SMILES string of the molecule is CCc1ccc(N(CC(C)C)S(=O)(=O)c2ccc(/C(CN3C[C@@H](C)O[C@@H](C)C3)=N\NC)cc2)cc1. The van der Waals surface area contributed by atoms with E-state index in [1.807, 2.05) is 50.2 Å². The van der Waals surface area contributed by atoms with E-state index in [9.17, 15) is 8.42 Å². The molecule has 0 spiro atoms. The van der Waals surface area contributed by atoms with Crippen LogP contribution in [-0.2, 0) is 21.2 Å². The molecule has 1 heterocycles. The second kappa shape index (κ2) is 12.0. The maximum absolute atomic E-state index is 13.7. The van der Waals surface area contributed by atoms with Gasteiger partial charge in [0.05, 0.1) is 28.5 Å². The first kappa shape index (κ1) is 27.2. The number of aryl methyl sites for hydroxylation is 1. The summed E-state index contributed by atoms with van der Waals surface area (Å²) in [6, 6.07) is 14.9. The lowest BCUT2D eigenvalue weighted by molar-refractivity contribution is -0.0634. The largest absolute Gasteiger partial charge is 0.373 e. The first-order valence-electron chi connectivity index (χ1n) is 12.5. The highest BCUT2D eigenvalue weighted by molar-refractivity contribution is 7.92. The average Bonchev–Trinajstić information content (AvgIpc) is 2.81. The highest BCUT2D eigenvalue weighted by atomic mass is 32.2. The summed E-state index contributed by atoms with van der Waals surface area (Å²) in [6.45, 7) is 13.0. The average molecular weight is 501 g/mol. The van der Waals surface area contributed by atoms with Crippen LogP contribution in [0.15, 0.2) is 58.5 Å². The third kappa shape index (κ3) is 7.06. The van der Waals surface area contributed by atoms with Gasteiger partial charge in [0.2, 0.25) is 0 Å². The molecule has 1 fully saturated rings. The van der Waals surface area contributed by atoms with Crippen molar-refractivity contribution >= 4 is 21.4 Å². The van der Waals surface area contributed by atoms with Crippen LogP contribution in [0.5, 0.6) is 0 Å². The van der Waals surface area contributed by atoms with Crippen molar-refractivity contribution in [1.82, 2.24) is 10.3 Å². The van der Waals surface area contributed by atoms with Crippen molar-refractivity contribution in [3.05, 3.63) is 59.7 Å². The Morgan fingerprint density at radius 2 is 1.69 bits per heavy atom. The van der Waals surface area contributed by atoms with Crippen molar-refractivity contribution in [3.63, 3.8) is 0 Å². The molecule has 1 saturated heterocycles. The lowest BCUT2D eigenvalue weighted by Crippen LogP contribution is -2.47. The van der Waals surface area contributed by atoms with Crippen LogP contribution in [-0.4, -0.2) is 64.5 Å². The van der Waals surface area contributed by atoms with Crippen molar-refractivity contribution < 1.29 is 13.2 Å². The second-order valence-corrected chi connectivity index (χ2v) is 11.6. The molecule has 3 rings (SSSR count). The Balaban J connectivity index is 1.86. The van der Waals surface area contributed by atoms with Gasteiger partial charge in [-0.25, -0.2) is 8.42 Å². The Morgan fingerprint density at radius 3 is 2.20 bits per heavy atom. The smallest absolute Gasteiger partial charge is 0.264 e. The van der Waals surface area contributed by atoms with Gasteiger partial charge in [-0.2, -0.15) is 5.10 Å². The second-order valence-electron chi connectivity index (χ2n) is 9.71. The molecule has 192 valence electrons. The molecule has 2 atom stereocenters. The first-order chi connectivity index (χ1) is 16.6. The molecule has 0 radical (unpaired) electrons. The molecule has 1 aliphatic heterocycles. The summed E-state index contributed by atoms with van der Waals surface area (Å²) in [5, 5.41) is 4.49. The summed E-state index contributed by atoms with van der Waals surface area (Å²) in [6.07, 6.45) is 1.25. The van der Waals surface area contributed by atoms with Gasteiger partial charge >= 0.3 is 0 Å². The number of hydrogen-bond acceptors (Lipinski definition) is 6. The zero-order valence-corrected chi connectivity index (χ0v) is 22.7. The molecule has 0 bridgehead atoms. The van der Waals surface area contributed by atoms with Gasteiger partial charge in [0.1, 0.15) is 0 Å². The topological polar surface area (TPSA) is 74.2 Å². The lowest BCUT2D eigenvalue weighted by atomic mass is 10.1. The predicted octanol–water partition coefficient (Wildman–Crippen LogP) is 4.13. The van der Waals surface area contributed by atoms with Crippen molar-refractivity contribution in [2.75, 3.05) is 37.5 Å². The number of rotatable bonds is 10. The molecule has 35 heavy (non-hydrogen) atoms. The molecule has 1 aliphatic rings. The number of anilines is 1. The number of nitrogens with one attached hydrogen (secondary N) is 1. The zero-order valence-electron chi connectivity index (χ0n) is 21.9. The monoisotopic (exact) mass is 500 g/mol. The standard InChI is InChI=1S/C27H40N4O3S/c1-7-23-8-12-25(13-9-23)31(16-20(2)3)35(32,33)26-14-10-24(11-15-26)27(29-28-6)19-30-17-21(4)34-22(5)18-30/h8-15,20-22,28H,7,16-19H2,1-6H3/b29-27-/t21-,22+. The summed E-state index contributed by atoms with van der Waals surface area (Å²) in [5.74, 6) is 0.183. The number of hydrazone groups is 1. The maximum Gasteiger partial charge on any atom is 0.264 e. The molecule has 0 aromatic heterocycles. The molecule has 0 amide bonds. The van der Waals surface area contributed by atoms with Crippen molar-refractivity contribution in [2.24, 2.45) is 11.0 Å². The Morgan fingerprint density at radius 1 is 1.09 bits per heavy atom. The summed E-state index contributed by atoms with van der Waals surface area (Å²) >= 11 is 0. The van der Waals surface area contributed by atoms with E-state index in [1.165, 1.54) is 9.87 Å². The molecule has 8 heteroatoms. The molecule has 1 N–H and O–H groups in total. The third-order valence-corrected chi connectivity index (χ3v) is 7.86. The number of morpholine rings is 1. The van der Waals surface area contributed by atoms with Gasteiger partial charge in [-0.05, 0) is 61.6 Å². The highest BCUT2D eigenvalue weighted by Gasteiger charge is 2.27. The minimum absolute atomic E-state index is 0.167. The molecular weight excluding hydrogens is 460 g/mol. The van der Waals surface area contributed by atoms with Crippen LogP contribution >= 0.6 is 0 Å². The predicted molar refractivity (Wildman–Crippen MR) is 144 cm³/mol. The first-order valence-corrected chi connectivity index (χ1v) is 13.9. The molecule has 0 unspecified atom stereocenters. The molecular formula is C27H40N4O3S. The summed E-state index contributed by atoms with van der Waals surface area (Å²) in [7, 11) is -1.94. The van der Waals surface area contributed by atoms with Gasteiger partial charge in [-0.1, -0.05) is 45.0 Å². The van der Waals surface area contributed by atoms with Gasteiger partial charge in [0.15, 0.2) is 0 Å². The van der Waals surface area contributed by atoms with Crippen LogP contribution in [0.2, 0.25) is 0 Å². The van der Waals surface area contributed by atoms with Crippen molar-refractivity contribution in [3.8, 4) is 0 Å². The Kier molecular flexibility index (Phi) is 9.33. The molecule has 2 aromatic carbocycles. The number of nitrogens with zero attached hydrogens (tertiary/aromatic N) is 3. The fourth-order valence-corrected chi connectivity index (χ4v) is 6.10. The molecule has 0 saturated carbocycles. The Hall–Kier alpha value is -2.42. The van der Waals surface area contributed by atoms with E-state index in [-0.39, 0.29) is 23.0 Å². The van der Waals surface area contributed by atoms with Gasteiger partial charge in [0.25, 0.3) is 10.0 Å².